The fourth-order valence-electron chi connectivity index (χ4n) is 1.52. The number of anilines is 1. The Morgan fingerprint density at radius 3 is 2.43 bits per heavy atom. The van der Waals surface area contributed by atoms with Crippen LogP contribution in [0.15, 0.2) is 12.4 Å². The molecular weight excluding hydrogens is 249 g/mol. The van der Waals surface area contributed by atoms with E-state index in [9.17, 15) is 4.39 Å². The van der Waals surface area contributed by atoms with Crippen LogP contribution in [0.5, 0.6) is 0 Å². The summed E-state index contributed by atoms with van der Waals surface area (Å²) in [4.78, 5) is 10.6. The summed E-state index contributed by atoms with van der Waals surface area (Å²) in [7, 11) is 0. The van der Waals surface area contributed by atoms with Crippen LogP contribution in [0, 0.1) is 5.82 Å². The van der Waals surface area contributed by atoms with E-state index in [0.717, 1.165) is 25.9 Å². The van der Waals surface area contributed by atoms with Crippen LogP contribution < -0.4 is 4.90 Å². The second-order valence-corrected chi connectivity index (χ2v) is 4.66. The minimum Gasteiger partial charge on any atom is -0.341 e. The van der Waals surface area contributed by atoms with Crippen molar-refractivity contribution < 1.29 is 4.39 Å². The van der Waals surface area contributed by atoms with Gasteiger partial charge in [-0.25, -0.2) is 14.4 Å². The standard InChI is InChI=1S/C9H11BrFN3/c10-7-1-3-14(4-2-7)9-12-5-8(11)6-13-9/h5-7H,1-4H2. The predicted molar refractivity (Wildman–Crippen MR) is 56.2 cm³/mol. The third-order valence-electron chi connectivity index (χ3n) is 2.31. The second-order valence-electron chi connectivity index (χ2n) is 3.36. The van der Waals surface area contributed by atoms with Crippen LogP contribution in [-0.4, -0.2) is 27.9 Å². The fraction of sp³-hybridized carbons (Fsp3) is 0.556. The van der Waals surface area contributed by atoms with Gasteiger partial charge in [-0.1, -0.05) is 15.9 Å². The zero-order valence-corrected chi connectivity index (χ0v) is 9.24. The van der Waals surface area contributed by atoms with Gasteiger partial charge >= 0.3 is 0 Å². The number of halogens is 2. The van der Waals surface area contributed by atoms with E-state index in [1.54, 1.807) is 0 Å². The topological polar surface area (TPSA) is 29.0 Å². The average molecular weight is 260 g/mol. The molecule has 1 aromatic rings. The predicted octanol–water partition coefficient (Wildman–Crippen LogP) is 1.98. The minimum atomic E-state index is -0.385. The van der Waals surface area contributed by atoms with Gasteiger partial charge in [0.1, 0.15) is 0 Å². The van der Waals surface area contributed by atoms with Crippen LogP contribution in [-0.2, 0) is 0 Å². The van der Waals surface area contributed by atoms with Crippen molar-refractivity contribution in [3.63, 3.8) is 0 Å². The van der Waals surface area contributed by atoms with Gasteiger partial charge in [0.2, 0.25) is 5.95 Å². The Morgan fingerprint density at radius 1 is 1.29 bits per heavy atom. The molecule has 0 atom stereocenters. The molecular formula is C9H11BrFN3. The number of hydrogen-bond donors (Lipinski definition) is 0. The lowest BCUT2D eigenvalue weighted by Crippen LogP contribution is -2.35. The third kappa shape index (κ3) is 2.20. The summed E-state index contributed by atoms with van der Waals surface area (Å²) in [5.41, 5.74) is 0. The van der Waals surface area contributed by atoms with Gasteiger partial charge in [0.15, 0.2) is 5.82 Å². The van der Waals surface area contributed by atoms with E-state index in [1.165, 1.54) is 12.4 Å². The highest BCUT2D eigenvalue weighted by atomic mass is 79.9. The van der Waals surface area contributed by atoms with Gasteiger partial charge in [-0.15, -0.1) is 0 Å². The van der Waals surface area contributed by atoms with Crippen LogP contribution in [0.4, 0.5) is 10.3 Å². The summed E-state index contributed by atoms with van der Waals surface area (Å²) in [6, 6.07) is 0. The quantitative estimate of drug-likeness (QED) is 0.723. The van der Waals surface area contributed by atoms with Gasteiger partial charge in [-0.2, -0.15) is 0 Å². The molecule has 3 nitrogen and oxygen atoms in total. The van der Waals surface area contributed by atoms with E-state index in [1.807, 2.05) is 0 Å². The summed E-state index contributed by atoms with van der Waals surface area (Å²) in [6.45, 7) is 1.86. The first kappa shape index (κ1) is 9.83. The molecule has 0 N–H and O–H groups in total. The Kier molecular flexibility index (Phi) is 2.96. The lowest BCUT2D eigenvalue weighted by molar-refractivity contribution is 0.577. The first-order chi connectivity index (χ1) is 6.75. The summed E-state index contributed by atoms with van der Waals surface area (Å²) in [5, 5.41) is 0. The molecule has 0 aliphatic carbocycles. The maximum atomic E-state index is 12.6. The SMILES string of the molecule is Fc1cnc(N2CCC(Br)CC2)nc1. The largest absolute Gasteiger partial charge is 0.341 e. The normalized spacial score (nSPS) is 18.6. The highest BCUT2D eigenvalue weighted by Crippen LogP contribution is 2.20. The molecule has 0 unspecified atom stereocenters. The van der Waals surface area contributed by atoms with Crippen molar-refractivity contribution in [1.82, 2.24) is 9.97 Å². The van der Waals surface area contributed by atoms with Crippen molar-refractivity contribution in [1.29, 1.82) is 0 Å². The van der Waals surface area contributed by atoms with Gasteiger partial charge in [0, 0.05) is 17.9 Å². The Hall–Kier alpha value is -0.710. The van der Waals surface area contributed by atoms with Gasteiger partial charge < -0.3 is 4.90 Å². The molecule has 2 heterocycles. The van der Waals surface area contributed by atoms with Crippen molar-refractivity contribution in [2.24, 2.45) is 0 Å². The number of aromatic nitrogens is 2. The Labute approximate surface area is 90.5 Å². The monoisotopic (exact) mass is 259 g/mol. The summed E-state index contributed by atoms with van der Waals surface area (Å²) in [6.07, 6.45) is 4.59. The van der Waals surface area contributed by atoms with Crippen LogP contribution in [0.3, 0.4) is 0 Å². The molecule has 1 saturated heterocycles. The van der Waals surface area contributed by atoms with E-state index in [-0.39, 0.29) is 5.82 Å². The molecule has 0 spiro atoms. The molecule has 14 heavy (non-hydrogen) atoms. The molecule has 0 saturated carbocycles. The van der Waals surface area contributed by atoms with Crippen molar-refractivity contribution in [2.75, 3.05) is 18.0 Å². The summed E-state index contributed by atoms with van der Waals surface area (Å²) >= 11 is 3.57. The maximum absolute atomic E-state index is 12.6. The first-order valence-corrected chi connectivity index (χ1v) is 5.54. The van der Waals surface area contributed by atoms with Gasteiger partial charge in [-0.3, -0.25) is 0 Å². The Morgan fingerprint density at radius 2 is 1.86 bits per heavy atom. The van der Waals surface area contributed by atoms with Gasteiger partial charge in [-0.05, 0) is 12.8 Å². The van der Waals surface area contributed by atoms with Gasteiger partial charge in [0.05, 0.1) is 12.4 Å². The number of nitrogens with zero attached hydrogens (tertiary/aromatic N) is 3. The van der Waals surface area contributed by atoms with Crippen LogP contribution >= 0.6 is 15.9 Å². The summed E-state index contributed by atoms with van der Waals surface area (Å²) in [5.74, 6) is 0.245. The lowest BCUT2D eigenvalue weighted by atomic mass is 10.1. The van der Waals surface area contributed by atoms with Crippen molar-refractivity contribution in [3.05, 3.63) is 18.2 Å². The zero-order valence-electron chi connectivity index (χ0n) is 7.66. The van der Waals surface area contributed by atoms with E-state index < -0.39 is 0 Å². The van der Waals surface area contributed by atoms with Gasteiger partial charge in [0.25, 0.3) is 0 Å². The number of alkyl halides is 1. The van der Waals surface area contributed by atoms with Crippen molar-refractivity contribution in [3.8, 4) is 0 Å². The lowest BCUT2D eigenvalue weighted by Gasteiger charge is -2.29. The minimum absolute atomic E-state index is 0.385. The smallest absolute Gasteiger partial charge is 0.225 e. The number of rotatable bonds is 1. The molecule has 0 aromatic carbocycles. The third-order valence-corrected chi connectivity index (χ3v) is 3.23. The Bertz CT molecular complexity index is 295. The average Bonchev–Trinajstić information content (AvgIpc) is 2.21. The molecule has 5 heteroatoms. The zero-order chi connectivity index (χ0) is 9.97. The molecule has 76 valence electrons. The maximum Gasteiger partial charge on any atom is 0.225 e. The molecule has 1 fully saturated rings. The highest BCUT2D eigenvalue weighted by Gasteiger charge is 2.18. The van der Waals surface area contributed by atoms with Crippen molar-refractivity contribution >= 4 is 21.9 Å². The molecule has 0 amide bonds. The number of piperidine rings is 1. The van der Waals surface area contributed by atoms with E-state index in [0.29, 0.717) is 10.8 Å². The molecule has 0 radical (unpaired) electrons. The fourth-order valence-corrected chi connectivity index (χ4v) is 1.93. The second kappa shape index (κ2) is 4.21. The molecule has 1 aromatic heterocycles. The summed E-state index contributed by atoms with van der Waals surface area (Å²) < 4.78 is 12.6. The first-order valence-electron chi connectivity index (χ1n) is 4.62. The van der Waals surface area contributed by atoms with Crippen LogP contribution in [0.1, 0.15) is 12.8 Å². The van der Waals surface area contributed by atoms with E-state index >= 15 is 0 Å². The van der Waals surface area contributed by atoms with Crippen LogP contribution in [0.2, 0.25) is 0 Å². The van der Waals surface area contributed by atoms with Crippen molar-refractivity contribution in [2.45, 2.75) is 17.7 Å². The Balaban J connectivity index is 2.05. The van der Waals surface area contributed by atoms with Crippen LogP contribution in [0.25, 0.3) is 0 Å². The molecule has 0 bridgehead atoms. The molecule has 2 rings (SSSR count). The number of hydrogen-bond acceptors (Lipinski definition) is 3. The molecule has 1 aliphatic heterocycles. The van der Waals surface area contributed by atoms with E-state index in [2.05, 4.69) is 30.8 Å². The molecule has 1 aliphatic rings. The highest BCUT2D eigenvalue weighted by molar-refractivity contribution is 9.09. The van der Waals surface area contributed by atoms with E-state index in [4.69, 9.17) is 0 Å².